The van der Waals surface area contributed by atoms with Crippen LogP contribution in [0.15, 0.2) is 42.5 Å². The van der Waals surface area contributed by atoms with E-state index in [9.17, 15) is 23.1 Å². The minimum absolute atomic E-state index is 0.0732. The molecule has 0 bridgehead atoms. The van der Waals surface area contributed by atoms with Crippen LogP contribution in [0.5, 0.6) is 11.6 Å². The Hall–Kier alpha value is -2.79. The number of carboxylic acids is 1. The first-order valence-electron chi connectivity index (χ1n) is 9.98. The second-order valence-electron chi connectivity index (χ2n) is 7.88. The monoisotopic (exact) mass is 515 g/mol. The van der Waals surface area contributed by atoms with E-state index in [0.717, 1.165) is 4.68 Å². The zero-order valence-corrected chi connectivity index (χ0v) is 19.0. The lowest BCUT2D eigenvalue weighted by atomic mass is 10.0. The van der Waals surface area contributed by atoms with Crippen LogP contribution in [0.3, 0.4) is 0 Å². The molecule has 0 spiro atoms. The van der Waals surface area contributed by atoms with E-state index in [4.69, 9.17) is 33.0 Å². The molecule has 3 aromatic rings. The van der Waals surface area contributed by atoms with E-state index in [1.54, 1.807) is 12.1 Å². The predicted molar refractivity (Wildman–Crippen MR) is 117 cm³/mol. The number of hydrogen-bond donors (Lipinski definition) is 3. The third-order valence-electron chi connectivity index (χ3n) is 5.52. The molecule has 12 heteroatoms. The molecule has 1 saturated carbocycles. The molecule has 180 valence electrons. The third kappa shape index (κ3) is 4.72. The van der Waals surface area contributed by atoms with E-state index in [-0.39, 0.29) is 27.2 Å². The van der Waals surface area contributed by atoms with Gasteiger partial charge in [-0.3, -0.25) is 5.32 Å². The van der Waals surface area contributed by atoms with Crippen LogP contribution in [0.1, 0.15) is 46.2 Å². The Balaban J connectivity index is 1.69. The molecule has 1 heterocycles. The number of ether oxygens (including phenoxy) is 1. The van der Waals surface area contributed by atoms with Crippen molar-refractivity contribution in [1.82, 2.24) is 15.1 Å². The molecule has 1 aromatic heterocycles. The van der Waals surface area contributed by atoms with Gasteiger partial charge < -0.3 is 14.9 Å². The molecule has 1 atom stereocenters. The number of halogens is 5. The molecule has 1 aliphatic carbocycles. The van der Waals surface area contributed by atoms with Crippen LogP contribution < -0.4 is 10.1 Å². The van der Waals surface area contributed by atoms with E-state index < -0.39 is 35.2 Å². The minimum atomic E-state index is -4.87. The summed E-state index contributed by atoms with van der Waals surface area (Å²) < 4.78 is 47.9. The van der Waals surface area contributed by atoms with Crippen molar-refractivity contribution in [2.75, 3.05) is 0 Å². The number of benzene rings is 2. The van der Waals surface area contributed by atoms with E-state index in [0.29, 0.717) is 18.4 Å². The number of aryl methyl sites for hydroxylation is 1. The van der Waals surface area contributed by atoms with Gasteiger partial charge in [0.2, 0.25) is 5.88 Å². The molecule has 34 heavy (non-hydrogen) atoms. The molecule has 1 fully saturated rings. The number of hydrogen-bond acceptors (Lipinski definition) is 5. The van der Waals surface area contributed by atoms with Gasteiger partial charge in [-0.2, -0.15) is 18.3 Å². The fourth-order valence-corrected chi connectivity index (χ4v) is 3.95. The number of aromatic nitrogens is 2. The van der Waals surface area contributed by atoms with E-state index in [2.05, 4.69) is 10.4 Å². The maximum atomic E-state index is 13.8. The van der Waals surface area contributed by atoms with Crippen LogP contribution in [-0.2, 0) is 18.8 Å². The highest BCUT2D eigenvalue weighted by Crippen LogP contribution is 2.49. The molecule has 3 N–H and O–H groups in total. The first-order chi connectivity index (χ1) is 15.9. The van der Waals surface area contributed by atoms with Gasteiger partial charge in [0.1, 0.15) is 12.0 Å². The molecule has 7 nitrogen and oxygen atoms in total. The Bertz CT molecular complexity index is 1240. The van der Waals surface area contributed by atoms with Gasteiger partial charge in [0.05, 0.1) is 21.2 Å². The minimum Gasteiger partial charge on any atom is -0.478 e. The zero-order valence-electron chi connectivity index (χ0n) is 17.5. The summed E-state index contributed by atoms with van der Waals surface area (Å²) in [4.78, 5) is 11.1. The highest BCUT2D eigenvalue weighted by atomic mass is 35.5. The number of nitrogens with one attached hydrogen (secondary N) is 1. The number of aliphatic hydroxyl groups excluding tert-OH is 1. The molecule has 0 radical (unpaired) electrons. The van der Waals surface area contributed by atoms with Crippen LogP contribution in [0.2, 0.25) is 10.0 Å². The number of alkyl halides is 3. The van der Waals surface area contributed by atoms with Gasteiger partial charge in [0, 0.05) is 18.7 Å². The zero-order chi connectivity index (χ0) is 24.8. The highest BCUT2D eigenvalue weighted by molar-refractivity contribution is 6.42. The summed E-state index contributed by atoms with van der Waals surface area (Å²) in [5.74, 6) is -1.33. The van der Waals surface area contributed by atoms with Gasteiger partial charge in [-0.1, -0.05) is 35.3 Å². The van der Waals surface area contributed by atoms with Gasteiger partial charge >= 0.3 is 12.1 Å². The van der Waals surface area contributed by atoms with Gasteiger partial charge in [-0.15, -0.1) is 0 Å². The summed E-state index contributed by atoms with van der Waals surface area (Å²) in [5, 5.41) is 26.8. The Labute approximate surface area is 201 Å². The summed E-state index contributed by atoms with van der Waals surface area (Å²) in [5.41, 5.74) is -2.00. The summed E-state index contributed by atoms with van der Waals surface area (Å²) in [7, 11) is 1.26. The fourth-order valence-electron chi connectivity index (χ4n) is 3.66. The van der Waals surface area contributed by atoms with Crippen LogP contribution in [0.25, 0.3) is 0 Å². The quantitative estimate of drug-likeness (QED) is 0.359. The lowest BCUT2D eigenvalue weighted by Gasteiger charge is -2.24. The van der Waals surface area contributed by atoms with Crippen molar-refractivity contribution in [3.05, 3.63) is 74.9 Å². The maximum absolute atomic E-state index is 13.8. The predicted octanol–water partition coefficient (Wildman–Crippen LogP) is 5.51. The summed E-state index contributed by atoms with van der Waals surface area (Å²) in [6.07, 6.45) is -5.61. The van der Waals surface area contributed by atoms with Crippen LogP contribution in [-0.4, -0.2) is 26.0 Å². The standard InChI is InChI=1S/C22H18Cl2F3N3O4/c1-30-19(34-13-6-7-14(23)15(24)10-13)16(17(29-30)22(25,26)27)18(31)28-21(8-9-21)12-4-2-11(3-5-12)20(32)33/h2-7,10,18,28,31H,8-9H2,1H3,(H,32,33). The largest absolute Gasteiger partial charge is 0.478 e. The van der Waals surface area contributed by atoms with E-state index >= 15 is 0 Å². The van der Waals surface area contributed by atoms with E-state index in [1.165, 1.54) is 37.4 Å². The average molecular weight is 516 g/mol. The number of aromatic carboxylic acids is 1. The van der Waals surface area contributed by atoms with Gasteiger partial charge in [0.25, 0.3) is 0 Å². The van der Waals surface area contributed by atoms with Crippen molar-refractivity contribution < 1.29 is 32.9 Å². The number of carbonyl (C=O) groups is 1. The van der Waals surface area contributed by atoms with Crippen molar-refractivity contribution in [2.24, 2.45) is 7.05 Å². The first-order valence-corrected chi connectivity index (χ1v) is 10.7. The molecule has 2 aromatic carbocycles. The Kier molecular flexibility index (Phi) is 6.28. The molecule has 0 amide bonds. The lowest BCUT2D eigenvalue weighted by Crippen LogP contribution is -2.34. The van der Waals surface area contributed by atoms with Crippen molar-refractivity contribution in [1.29, 1.82) is 0 Å². The molecule has 4 rings (SSSR count). The Morgan fingerprint density at radius 2 is 1.82 bits per heavy atom. The maximum Gasteiger partial charge on any atom is 0.435 e. The Morgan fingerprint density at radius 1 is 1.18 bits per heavy atom. The van der Waals surface area contributed by atoms with Crippen molar-refractivity contribution in [3.63, 3.8) is 0 Å². The Morgan fingerprint density at radius 3 is 2.35 bits per heavy atom. The molecule has 1 unspecified atom stereocenters. The van der Waals surface area contributed by atoms with Crippen LogP contribution >= 0.6 is 23.2 Å². The van der Waals surface area contributed by atoms with Crippen LogP contribution in [0.4, 0.5) is 13.2 Å². The summed E-state index contributed by atoms with van der Waals surface area (Å²) in [6.45, 7) is 0. The normalized spacial score (nSPS) is 15.7. The molecular formula is C22H18Cl2F3N3O4. The smallest absolute Gasteiger partial charge is 0.435 e. The van der Waals surface area contributed by atoms with Crippen molar-refractivity contribution in [3.8, 4) is 11.6 Å². The first kappa shape index (κ1) is 24.3. The average Bonchev–Trinajstić information content (AvgIpc) is 3.46. The number of rotatable bonds is 7. The topological polar surface area (TPSA) is 96.6 Å². The summed E-state index contributed by atoms with van der Waals surface area (Å²) >= 11 is 11.9. The third-order valence-corrected chi connectivity index (χ3v) is 6.26. The highest BCUT2D eigenvalue weighted by Gasteiger charge is 2.48. The van der Waals surface area contributed by atoms with Gasteiger partial charge in [-0.25, -0.2) is 9.48 Å². The van der Waals surface area contributed by atoms with Gasteiger partial charge in [-0.05, 0) is 42.7 Å². The van der Waals surface area contributed by atoms with Crippen LogP contribution in [0, 0.1) is 0 Å². The fraction of sp³-hybridized carbons (Fsp3) is 0.273. The second kappa shape index (κ2) is 8.77. The number of aliphatic hydroxyl groups is 1. The number of nitrogens with zero attached hydrogens (tertiary/aromatic N) is 2. The molecule has 0 saturated heterocycles. The summed E-state index contributed by atoms with van der Waals surface area (Å²) in [6, 6.07) is 10.1. The second-order valence-corrected chi connectivity index (χ2v) is 8.69. The lowest BCUT2D eigenvalue weighted by molar-refractivity contribution is -0.143. The van der Waals surface area contributed by atoms with Gasteiger partial charge in [0.15, 0.2) is 5.69 Å². The SMILES string of the molecule is Cn1nc(C(F)(F)F)c(C(O)NC2(c3ccc(C(=O)O)cc3)CC2)c1Oc1ccc(Cl)c(Cl)c1. The van der Waals surface area contributed by atoms with E-state index in [1.807, 2.05) is 0 Å². The molecular weight excluding hydrogens is 498 g/mol. The van der Waals surface area contributed by atoms with Crippen molar-refractivity contribution in [2.45, 2.75) is 30.8 Å². The molecule has 1 aliphatic rings. The molecule has 0 aliphatic heterocycles. The van der Waals surface area contributed by atoms with Crippen molar-refractivity contribution >= 4 is 29.2 Å². The number of carboxylic acid groups (broad SMARTS) is 1.